The zero-order chi connectivity index (χ0) is 22.1. The Labute approximate surface area is 186 Å². The summed E-state index contributed by atoms with van der Waals surface area (Å²) in [5, 5.41) is 5.15. The minimum atomic E-state index is -0.00214. The van der Waals surface area contributed by atoms with E-state index in [9.17, 15) is 4.79 Å². The van der Waals surface area contributed by atoms with Gasteiger partial charge in [0.15, 0.2) is 5.78 Å². The van der Waals surface area contributed by atoms with Crippen LogP contribution in [-0.2, 0) is 13.5 Å². The van der Waals surface area contributed by atoms with Crippen LogP contribution in [-0.4, -0.2) is 68.6 Å². The summed E-state index contributed by atoms with van der Waals surface area (Å²) < 4.78 is 1.75. The molecule has 1 fully saturated rings. The van der Waals surface area contributed by atoms with E-state index in [1.54, 1.807) is 23.3 Å². The Bertz CT molecular complexity index is 1260. The van der Waals surface area contributed by atoms with E-state index in [4.69, 9.17) is 4.98 Å². The van der Waals surface area contributed by atoms with Crippen LogP contribution in [0.3, 0.4) is 0 Å². The summed E-state index contributed by atoms with van der Waals surface area (Å²) in [6.07, 6.45) is 7.38. The van der Waals surface area contributed by atoms with Gasteiger partial charge in [-0.3, -0.25) is 14.5 Å². The quantitative estimate of drug-likeness (QED) is 0.453. The molecule has 4 aromatic heterocycles. The number of rotatable bonds is 5. The number of hydrogen-bond donors (Lipinski definition) is 0. The number of ketones is 1. The lowest BCUT2D eigenvalue weighted by atomic mass is 10.1. The summed E-state index contributed by atoms with van der Waals surface area (Å²) in [5.74, 6) is 0.920. The van der Waals surface area contributed by atoms with Crippen molar-refractivity contribution in [1.29, 1.82) is 0 Å². The highest BCUT2D eigenvalue weighted by Crippen LogP contribution is 2.21. The lowest BCUT2D eigenvalue weighted by Crippen LogP contribution is -2.44. The van der Waals surface area contributed by atoms with Crippen molar-refractivity contribution in [3.63, 3.8) is 0 Å². The molecule has 5 heterocycles. The maximum absolute atomic E-state index is 12.8. The maximum atomic E-state index is 12.8. The van der Waals surface area contributed by atoms with Crippen molar-refractivity contribution in [3.8, 4) is 11.3 Å². The van der Waals surface area contributed by atoms with Crippen molar-refractivity contribution >= 4 is 22.5 Å². The van der Waals surface area contributed by atoms with Gasteiger partial charge in [-0.25, -0.2) is 9.97 Å². The molecule has 1 saturated heterocycles. The number of aromatic nitrogens is 5. The fourth-order valence-corrected chi connectivity index (χ4v) is 3.91. The highest BCUT2D eigenvalue weighted by atomic mass is 16.1. The van der Waals surface area contributed by atoms with Crippen LogP contribution in [0.15, 0.2) is 55.1 Å². The molecule has 0 unspecified atom stereocenters. The molecule has 0 atom stereocenters. The van der Waals surface area contributed by atoms with Gasteiger partial charge in [-0.15, -0.1) is 0 Å². The largest absolute Gasteiger partial charge is 0.354 e. The Hall–Kier alpha value is -3.65. The summed E-state index contributed by atoms with van der Waals surface area (Å²) in [4.78, 5) is 31.1. The zero-order valence-electron chi connectivity index (χ0n) is 18.3. The molecule has 1 aliphatic rings. The van der Waals surface area contributed by atoms with Crippen LogP contribution >= 0.6 is 0 Å². The van der Waals surface area contributed by atoms with Gasteiger partial charge in [0.25, 0.3) is 0 Å². The Balaban J connectivity index is 1.31. The molecule has 5 rings (SSSR count). The molecule has 32 heavy (non-hydrogen) atoms. The van der Waals surface area contributed by atoms with Crippen LogP contribution in [0, 0.1) is 0 Å². The van der Waals surface area contributed by atoms with E-state index in [2.05, 4.69) is 31.9 Å². The highest BCUT2D eigenvalue weighted by Gasteiger charge is 2.16. The lowest BCUT2D eigenvalue weighted by molar-refractivity contribution is 0.0991. The first-order chi connectivity index (χ1) is 15.5. The van der Waals surface area contributed by atoms with E-state index in [0.717, 1.165) is 54.2 Å². The van der Waals surface area contributed by atoms with Gasteiger partial charge in [0.1, 0.15) is 5.82 Å². The van der Waals surface area contributed by atoms with Gasteiger partial charge >= 0.3 is 0 Å². The molecule has 0 aromatic carbocycles. The van der Waals surface area contributed by atoms with Crippen LogP contribution in [0.25, 0.3) is 22.2 Å². The number of pyridine rings is 3. The third kappa shape index (κ3) is 4.22. The molecule has 4 aromatic rings. The van der Waals surface area contributed by atoms with Gasteiger partial charge in [-0.1, -0.05) is 0 Å². The molecular weight excluding hydrogens is 402 g/mol. The number of hydrogen-bond acceptors (Lipinski definition) is 7. The number of piperazine rings is 1. The zero-order valence-corrected chi connectivity index (χ0v) is 18.3. The van der Waals surface area contributed by atoms with Gasteiger partial charge < -0.3 is 9.80 Å². The van der Waals surface area contributed by atoms with Crippen molar-refractivity contribution in [2.75, 3.05) is 38.1 Å². The molecule has 162 valence electrons. The summed E-state index contributed by atoms with van der Waals surface area (Å²) in [6, 6.07) is 9.64. The highest BCUT2D eigenvalue weighted by molar-refractivity contribution is 5.97. The second-order valence-electron chi connectivity index (χ2n) is 8.26. The van der Waals surface area contributed by atoms with Crippen molar-refractivity contribution in [2.45, 2.75) is 6.42 Å². The number of aryl methyl sites for hydroxylation is 1. The fourth-order valence-electron chi connectivity index (χ4n) is 3.91. The number of Topliss-reactive ketones (excluding diaryl/α,β-unsaturated/α-hetero) is 1. The van der Waals surface area contributed by atoms with Crippen molar-refractivity contribution in [2.24, 2.45) is 7.05 Å². The topological polar surface area (TPSA) is 80.0 Å². The minimum Gasteiger partial charge on any atom is -0.354 e. The second kappa shape index (κ2) is 8.47. The summed E-state index contributed by atoms with van der Waals surface area (Å²) in [5.41, 5.74) is 3.91. The van der Waals surface area contributed by atoms with Gasteiger partial charge in [-0.2, -0.15) is 5.10 Å². The first-order valence-corrected chi connectivity index (χ1v) is 10.7. The summed E-state index contributed by atoms with van der Waals surface area (Å²) in [7, 11) is 4.01. The molecule has 0 saturated carbocycles. The number of carbonyl (C=O) groups excluding carboxylic acids is 1. The Kier molecular flexibility index (Phi) is 5.36. The normalized spacial score (nSPS) is 14.8. The molecule has 8 nitrogen and oxygen atoms in total. The fraction of sp³-hybridized carbons (Fsp3) is 0.292. The van der Waals surface area contributed by atoms with Crippen molar-refractivity contribution < 1.29 is 4.79 Å². The Morgan fingerprint density at radius 2 is 1.81 bits per heavy atom. The first-order valence-electron chi connectivity index (χ1n) is 10.7. The number of nitrogens with zero attached hydrogens (tertiary/aromatic N) is 7. The Morgan fingerprint density at radius 3 is 2.53 bits per heavy atom. The summed E-state index contributed by atoms with van der Waals surface area (Å²) in [6.45, 7) is 3.94. The van der Waals surface area contributed by atoms with Crippen LogP contribution in [0.4, 0.5) is 5.82 Å². The number of anilines is 1. The molecule has 1 aliphatic heterocycles. The molecule has 8 heteroatoms. The minimum absolute atomic E-state index is 0.00214. The maximum Gasteiger partial charge on any atom is 0.170 e. The number of likely N-dealkylation sites (N-methyl/N-ethyl adjacent to an activating group) is 1. The predicted octanol–water partition coefficient (Wildman–Crippen LogP) is 2.60. The van der Waals surface area contributed by atoms with Gasteiger partial charge in [0.2, 0.25) is 0 Å². The van der Waals surface area contributed by atoms with Gasteiger partial charge in [0, 0.05) is 68.3 Å². The SMILES string of the molecule is CN1CCN(c2ccc(C(=O)Cc3cc4nc(-c5cnn(C)c5)ccc4cn3)cn2)CC1. The van der Waals surface area contributed by atoms with Crippen LogP contribution in [0.5, 0.6) is 0 Å². The summed E-state index contributed by atoms with van der Waals surface area (Å²) >= 11 is 0. The van der Waals surface area contributed by atoms with E-state index < -0.39 is 0 Å². The number of carbonyl (C=O) groups is 1. The Morgan fingerprint density at radius 1 is 0.969 bits per heavy atom. The molecular formula is C24H25N7O. The van der Waals surface area contributed by atoms with Gasteiger partial charge in [-0.05, 0) is 37.4 Å². The first kappa shape index (κ1) is 20.3. The van der Waals surface area contributed by atoms with Crippen molar-refractivity contribution in [3.05, 3.63) is 66.4 Å². The standard InChI is InChI=1S/C24H25N7O/c1-29-7-9-31(10-8-29)24-6-4-18(14-26-24)23(32)12-20-11-22-17(13-25-20)3-5-21(28-22)19-15-27-30(2)16-19/h3-6,11,13-16H,7-10,12H2,1-2H3. The average Bonchev–Trinajstić information content (AvgIpc) is 3.25. The van der Waals surface area contributed by atoms with Crippen LogP contribution < -0.4 is 4.90 Å². The average molecular weight is 428 g/mol. The third-order valence-electron chi connectivity index (χ3n) is 5.87. The van der Waals surface area contributed by atoms with E-state index >= 15 is 0 Å². The monoisotopic (exact) mass is 427 g/mol. The van der Waals surface area contributed by atoms with E-state index in [0.29, 0.717) is 11.3 Å². The smallest absolute Gasteiger partial charge is 0.170 e. The number of fused-ring (bicyclic) bond motifs is 1. The molecule has 0 spiro atoms. The predicted molar refractivity (Wildman–Crippen MR) is 124 cm³/mol. The lowest BCUT2D eigenvalue weighted by Gasteiger charge is -2.33. The van der Waals surface area contributed by atoms with Crippen LogP contribution in [0.1, 0.15) is 16.1 Å². The van der Waals surface area contributed by atoms with Crippen molar-refractivity contribution in [1.82, 2.24) is 29.6 Å². The molecule has 0 amide bonds. The van der Waals surface area contributed by atoms with E-state index in [1.807, 2.05) is 43.6 Å². The van der Waals surface area contributed by atoms with E-state index in [-0.39, 0.29) is 12.2 Å². The molecule has 0 N–H and O–H groups in total. The molecule has 0 aliphatic carbocycles. The second-order valence-corrected chi connectivity index (χ2v) is 8.26. The van der Waals surface area contributed by atoms with E-state index in [1.165, 1.54) is 0 Å². The molecule has 0 radical (unpaired) electrons. The van der Waals surface area contributed by atoms with Gasteiger partial charge in [0.05, 0.1) is 29.5 Å². The third-order valence-corrected chi connectivity index (χ3v) is 5.87. The van der Waals surface area contributed by atoms with Crippen LogP contribution in [0.2, 0.25) is 0 Å². The molecule has 0 bridgehead atoms.